The summed E-state index contributed by atoms with van der Waals surface area (Å²) >= 11 is 0. The van der Waals surface area contributed by atoms with Crippen LogP contribution in [0.1, 0.15) is 20.3 Å². The van der Waals surface area contributed by atoms with E-state index in [1.807, 2.05) is 20.9 Å². The SMILES string of the molecule is COC(C)CN(C)C(C)CC(N)=NO. The van der Waals surface area contributed by atoms with Crippen molar-refractivity contribution in [2.45, 2.75) is 32.4 Å². The van der Waals surface area contributed by atoms with Gasteiger partial charge in [0.2, 0.25) is 0 Å². The summed E-state index contributed by atoms with van der Waals surface area (Å²) in [7, 11) is 3.68. The van der Waals surface area contributed by atoms with Crippen molar-refractivity contribution in [2.75, 3.05) is 20.7 Å². The lowest BCUT2D eigenvalue weighted by atomic mass is 10.2. The fourth-order valence-corrected chi connectivity index (χ4v) is 1.16. The second-order valence-electron chi connectivity index (χ2n) is 3.63. The van der Waals surface area contributed by atoms with E-state index < -0.39 is 0 Å². The summed E-state index contributed by atoms with van der Waals surface area (Å²) in [5.41, 5.74) is 5.42. The molecule has 5 heteroatoms. The molecule has 0 aromatic heterocycles. The van der Waals surface area contributed by atoms with E-state index >= 15 is 0 Å². The summed E-state index contributed by atoms with van der Waals surface area (Å²) < 4.78 is 5.15. The third-order valence-electron chi connectivity index (χ3n) is 2.33. The first-order valence-electron chi connectivity index (χ1n) is 4.70. The van der Waals surface area contributed by atoms with Gasteiger partial charge < -0.3 is 20.6 Å². The van der Waals surface area contributed by atoms with Crippen molar-refractivity contribution in [3.8, 4) is 0 Å². The Kier molecular flexibility index (Phi) is 6.23. The minimum atomic E-state index is 0.190. The Morgan fingerprint density at radius 3 is 2.57 bits per heavy atom. The maximum atomic E-state index is 8.41. The van der Waals surface area contributed by atoms with Crippen LogP contribution in [0, 0.1) is 0 Å². The van der Waals surface area contributed by atoms with Crippen LogP contribution in [0.2, 0.25) is 0 Å². The molecule has 0 radical (unpaired) electrons. The number of ether oxygens (including phenoxy) is 1. The predicted octanol–water partition coefficient (Wildman–Crippen LogP) is 0.478. The molecule has 0 aliphatic rings. The summed E-state index contributed by atoms with van der Waals surface area (Å²) in [6.45, 7) is 4.86. The Labute approximate surface area is 85.5 Å². The monoisotopic (exact) mass is 203 g/mol. The molecular weight excluding hydrogens is 182 g/mol. The maximum Gasteiger partial charge on any atom is 0.140 e. The van der Waals surface area contributed by atoms with Crippen LogP contribution in [-0.4, -0.2) is 48.8 Å². The van der Waals surface area contributed by atoms with Gasteiger partial charge in [0, 0.05) is 26.1 Å². The van der Waals surface area contributed by atoms with E-state index in [4.69, 9.17) is 15.7 Å². The first-order valence-corrected chi connectivity index (χ1v) is 4.70. The van der Waals surface area contributed by atoms with Gasteiger partial charge in [0.1, 0.15) is 5.84 Å². The summed E-state index contributed by atoms with van der Waals surface area (Å²) in [6, 6.07) is 0.239. The van der Waals surface area contributed by atoms with Gasteiger partial charge in [0.25, 0.3) is 0 Å². The van der Waals surface area contributed by atoms with E-state index in [1.54, 1.807) is 7.11 Å². The van der Waals surface area contributed by atoms with Gasteiger partial charge in [-0.05, 0) is 20.9 Å². The number of rotatable bonds is 6. The highest BCUT2D eigenvalue weighted by Gasteiger charge is 2.13. The molecule has 14 heavy (non-hydrogen) atoms. The highest BCUT2D eigenvalue weighted by Crippen LogP contribution is 2.03. The molecule has 0 heterocycles. The van der Waals surface area contributed by atoms with Crippen LogP contribution in [0.25, 0.3) is 0 Å². The largest absolute Gasteiger partial charge is 0.409 e. The minimum Gasteiger partial charge on any atom is -0.409 e. The molecule has 3 N–H and O–H groups in total. The quantitative estimate of drug-likeness (QED) is 0.285. The van der Waals surface area contributed by atoms with Crippen molar-refractivity contribution in [1.82, 2.24) is 4.90 Å². The maximum absolute atomic E-state index is 8.41. The third-order valence-corrected chi connectivity index (χ3v) is 2.33. The van der Waals surface area contributed by atoms with Crippen LogP contribution in [0.4, 0.5) is 0 Å². The second kappa shape index (κ2) is 6.62. The summed E-state index contributed by atoms with van der Waals surface area (Å²) in [6.07, 6.45) is 0.749. The van der Waals surface area contributed by atoms with Crippen molar-refractivity contribution in [3.63, 3.8) is 0 Å². The van der Waals surface area contributed by atoms with Gasteiger partial charge in [-0.25, -0.2) is 0 Å². The molecule has 0 saturated heterocycles. The number of oxime groups is 1. The summed E-state index contributed by atoms with van der Waals surface area (Å²) in [4.78, 5) is 2.12. The molecular formula is C9H21N3O2. The molecule has 0 aliphatic carbocycles. The van der Waals surface area contributed by atoms with Crippen LogP contribution in [0.5, 0.6) is 0 Å². The molecule has 0 fully saturated rings. The zero-order valence-corrected chi connectivity index (χ0v) is 9.40. The molecule has 0 spiro atoms. The average Bonchev–Trinajstić information content (AvgIpc) is 2.17. The van der Waals surface area contributed by atoms with Crippen LogP contribution in [-0.2, 0) is 4.74 Å². The molecule has 0 aromatic carbocycles. The van der Waals surface area contributed by atoms with Crippen LogP contribution in [0.3, 0.4) is 0 Å². The van der Waals surface area contributed by atoms with E-state index in [1.165, 1.54) is 0 Å². The fourth-order valence-electron chi connectivity index (χ4n) is 1.16. The number of likely N-dealkylation sites (N-methyl/N-ethyl adjacent to an activating group) is 1. The fraction of sp³-hybridized carbons (Fsp3) is 0.889. The normalized spacial score (nSPS) is 17.1. The molecule has 0 rings (SSSR count). The number of nitrogens with two attached hydrogens (primary N) is 1. The highest BCUT2D eigenvalue weighted by molar-refractivity contribution is 5.80. The van der Waals surface area contributed by atoms with Gasteiger partial charge >= 0.3 is 0 Å². The number of methoxy groups -OCH3 is 1. The second-order valence-corrected chi connectivity index (χ2v) is 3.63. The topological polar surface area (TPSA) is 71.1 Å². The number of amidine groups is 1. The van der Waals surface area contributed by atoms with Gasteiger partial charge in [-0.1, -0.05) is 5.16 Å². The Hall–Kier alpha value is -0.810. The lowest BCUT2D eigenvalue weighted by Crippen LogP contribution is -2.37. The van der Waals surface area contributed by atoms with E-state index in [2.05, 4.69) is 10.1 Å². The summed E-state index contributed by atoms with van der Waals surface area (Å²) in [5, 5.41) is 11.4. The predicted molar refractivity (Wildman–Crippen MR) is 56.6 cm³/mol. The average molecular weight is 203 g/mol. The van der Waals surface area contributed by atoms with Crippen molar-refractivity contribution in [3.05, 3.63) is 0 Å². The third kappa shape index (κ3) is 5.04. The molecule has 0 saturated carbocycles. The molecule has 0 aromatic rings. The molecule has 0 bridgehead atoms. The van der Waals surface area contributed by atoms with Crippen LogP contribution >= 0.6 is 0 Å². The number of nitrogens with zero attached hydrogens (tertiary/aromatic N) is 2. The van der Waals surface area contributed by atoms with Crippen molar-refractivity contribution < 1.29 is 9.94 Å². The Morgan fingerprint density at radius 2 is 2.14 bits per heavy atom. The van der Waals surface area contributed by atoms with Crippen molar-refractivity contribution in [2.24, 2.45) is 10.9 Å². The van der Waals surface area contributed by atoms with E-state index in [-0.39, 0.29) is 18.0 Å². The number of hydrogen-bond donors (Lipinski definition) is 2. The van der Waals surface area contributed by atoms with E-state index in [0.717, 1.165) is 6.54 Å². The molecule has 5 nitrogen and oxygen atoms in total. The molecule has 0 aliphatic heterocycles. The van der Waals surface area contributed by atoms with Gasteiger partial charge in [-0.3, -0.25) is 0 Å². The zero-order valence-electron chi connectivity index (χ0n) is 9.40. The first-order chi connectivity index (χ1) is 6.51. The zero-order chi connectivity index (χ0) is 11.1. The highest BCUT2D eigenvalue weighted by atomic mass is 16.5. The molecule has 2 unspecified atom stereocenters. The van der Waals surface area contributed by atoms with Gasteiger partial charge in [0.15, 0.2) is 0 Å². The van der Waals surface area contributed by atoms with Gasteiger partial charge in [-0.15, -0.1) is 0 Å². The van der Waals surface area contributed by atoms with Crippen LogP contribution in [0.15, 0.2) is 5.16 Å². The van der Waals surface area contributed by atoms with Gasteiger partial charge in [0.05, 0.1) is 6.10 Å². The summed E-state index contributed by atoms with van der Waals surface area (Å²) in [5.74, 6) is 0.259. The van der Waals surface area contributed by atoms with Crippen molar-refractivity contribution >= 4 is 5.84 Å². The smallest absolute Gasteiger partial charge is 0.140 e. The van der Waals surface area contributed by atoms with Crippen LogP contribution < -0.4 is 5.73 Å². The minimum absolute atomic E-state index is 0.190. The molecule has 0 amide bonds. The Morgan fingerprint density at radius 1 is 1.57 bits per heavy atom. The Balaban J connectivity index is 3.92. The van der Waals surface area contributed by atoms with Crippen molar-refractivity contribution in [1.29, 1.82) is 0 Å². The molecule has 2 atom stereocenters. The lowest BCUT2D eigenvalue weighted by Gasteiger charge is -2.26. The van der Waals surface area contributed by atoms with Gasteiger partial charge in [-0.2, -0.15) is 0 Å². The first kappa shape index (κ1) is 13.2. The lowest BCUT2D eigenvalue weighted by molar-refractivity contribution is 0.0749. The van der Waals surface area contributed by atoms with E-state index in [0.29, 0.717) is 6.42 Å². The molecule has 84 valence electrons. The standard InChI is InChI=1S/C9H21N3O2/c1-7(5-9(10)11-13)12(3)6-8(2)14-4/h7-8,13H,5-6H2,1-4H3,(H2,10,11). The Bertz CT molecular complexity index is 185. The van der Waals surface area contributed by atoms with E-state index in [9.17, 15) is 0 Å². The number of hydrogen-bond acceptors (Lipinski definition) is 4.